The van der Waals surface area contributed by atoms with Crippen LogP contribution in [0.4, 0.5) is 10.5 Å². The molecule has 1 aliphatic rings. The zero-order valence-corrected chi connectivity index (χ0v) is 19.4. The number of imide groups is 2. The normalized spacial score (nSPS) is 15.0. The summed E-state index contributed by atoms with van der Waals surface area (Å²) in [6, 6.07) is 9.33. The molecule has 2 aromatic carbocycles. The number of benzene rings is 2. The number of urea groups is 1. The number of carbonyl (C=O) groups excluding carboxylic acids is 3. The number of nitrogens with one attached hydrogen (secondary N) is 1. The molecule has 2 aromatic rings. The SMILES string of the molecule is C=CCc1cc(/C=C2\C(=O)NC(=O)N(c3ccc(Br)cc3)C2=O)cc(OC)c1OCCC. The lowest BCUT2D eigenvalue weighted by molar-refractivity contribution is -0.122. The van der Waals surface area contributed by atoms with Crippen LogP contribution >= 0.6 is 15.9 Å². The Morgan fingerprint density at radius 3 is 2.50 bits per heavy atom. The maximum atomic E-state index is 13.1. The van der Waals surface area contributed by atoms with E-state index in [4.69, 9.17) is 9.47 Å². The van der Waals surface area contributed by atoms with Gasteiger partial charge in [-0.3, -0.25) is 14.9 Å². The van der Waals surface area contributed by atoms with E-state index in [0.29, 0.717) is 35.8 Å². The fourth-order valence-electron chi connectivity index (χ4n) is 3.24. The van der Waals surface area contributed by atoms with Crippen molar-refractivity contribution in [2.24, 2.45) is 0 Å². The van der Waals surface area contributed by atoms with Crippen molar-refractivity contribution in [3.8, 4) is 11.5 Å². The van der Waals surface area contributed by atoms with Crippen LogP contribution in [0.1, 0.15) is 24.5 Å². The first-order chi connectivity index (χ1) is 15.4. The molecular formula is C24H23BrN2O5. The van der Waals surface area contributed by atoms with Gasteiger partial charge in [-0.2, -0.15) is 0 Å². The van der Waals surface area contributed by atoms with Gasteiger partial charge in [0.05, 0.1) is 19.4 Å². The van der Waals surface area contributed by atoms with Crippen LogP contribution in [-0.4, -0.2) is 31.6 Å². The van der Waals surface area contributed by atoms with E-state index >= 15 is 0 Å². The van der Waals surface area contributed by atoms with Gasteiger partial charge < -0.3 is 9.47 Å². The molecule has 0 spiro atoms. The van der Waals surface area contributed by atoms with Gasteiger partial charge in [0.15, 0.2) is 11.5 Å². The molecule has 0 aromatic heterocycles. The smallest absolute Gasteiger partial charge is 0.335 e. The van der Waals surface area contributed by atoms with Crippen molar-refractivity contribution in [3.63, 3.8) is 0 Å². The van der Waals surface area contributed by atoms with Crippen molar-refractivity contribution in [3.05, 3.63) is 70.2 Å². The van der Waals surface area contributed by atoms with Crippen LogP contribution in [0.3, 0.4) is 0 Å². The van der Waals surface area contributed by atoms with Gasteiger partial charge in [0.25, 0.3) is 11.8 Å². The standard InChI is InChI=1S/C24H23BrN2O5/c1-4-6-16-12-15(14-20(31-3)21(16)32-11-5-2)13-19-22(28)26-24(30)27(23(19)29)18-9-7-17(25)8-10-18/h4,7-10,12-14H,1,5-6,11H2,2-3H3,(H,26,28,30)/b19-13+. The third kappa shape index (κ3) is 4.91. The lowest BCUT2D eigenvalue weighted by atomic mass is 10.0. The molecule has 0 radical (unpaired) electrons. The summed E-state index contributed by atoms with van der Waals surface area (Å²) >= 11 is 3.32. The van der Waals surface area contributed by atoms with Crippen LogP contribution in [-0.2, 0) is 16.0 Å². The van der Waals surface area contributed by atoms with E-state index in [2.05, 4.69) is 27.8 Å². The first-order valence-electron chi connectivity index (χ1n) is 10.0. The second-order valence-electron chi connectivity index (χ2n) is 6.99. The molecule has 1 saturated heterocycles. The molecular weight excluding hydrogens is 476 g/mol. The lowest BCUT2D eigenvalue weighted by Gasteiger charge is -2.26. The zero-order chi connectivity index (χ0) is 23.3. The molecule has 7 nitrogen and oxygen atoms in total. The number of hydrogen-bond donors (Lipinski definition) is 1. The number of amides is 4. The summed E-state index contributed by atoms with van der Waals surface area (Å²) in [6.07, 6.45) is 4.51. The molecule has 1 heterocycles. The lowest BCUT2D eigenvalue weighted by Crippen LogP contribution is -2.54. The number of halogens is 1. The van der Waals surface area contributed by atoms with Crippen LogP contribution in [0.15, 0.2) is 59.1 Å². The fraction of sp³-hybridized carbons (Fsp3) is 0.208. The van der Waals surface area contributed by atoms with E-state index in [1.807, 2.05) is 13.0 Å². The third-order valence-electron chi connectivity index (χ3n) is 4.69. The minimum atomic E-state index is -0.798. The Morgan fingerprint density at radius 2 is 1.88 bits per heavy atom. The Kier molecular flexibility index (Phi) is 7.48. The number of nitrogens with zero attached hydrogens (tertiary/aromatic N) is 1. The highest BCUT2D eigenvalue weighted by atomic mass is 79.9. The Balaban J connectivity index is 2.04. The van der Waals surface area contributed by atoms with Crippen LogP contribution in [0.2, 0.25) is 0 Å². The summed E-state index contributed by atoms with van der Waals surface area (Å²) in [5, 5.41) is 2.23. The Hall–Kier alpha value is -3.39. The summed E-state index contributed by atoms with van der Waals surface area (Å²) < 4.78 is 12.1. The van der Waals surface area contributed by atoms with Crippen LogP contribution in [0.5, 0.6) is 11.5 Å². The van der Waals surface area contributed by atoms with Gasteiger partial charge in [-0.05, 0) is 60.9 Å². The predicted molar refractivity (Wildman–Crippen MR) is 126 cm³/mol. The zero-order valence-electron chi connectivity index (χ0n) is 17.8. The maximum absolute atomic E-state index is 13.1. The highest BCUT2D eigenvalue weighted by Crippen LogP contribution is 2.35. The van der Waals surface area contributed by atoms with Crippen LogP contribution in [0.25, 0.3) is 6.08 Å². The van der Waals surface area contributed by atoms with E-state index in [9.17, 15) is 14.4 Å². The van der Waals surface area contributed by atoms with Crippen molar-refractivity contribution in [1.29, 1.82) is 0 Å². The van der Waals surface area contributed by atoms with Crippen molar-refractivity contribution < 1.29 is 23.9 Å². The number of hydrogen-bond acceptors (Lipinski definition) is 5. The Bertz CT molecular complexity index is 1090. The molecule has 1 aliphatic heterocycles. The molecule has 166 valence electrons. The topological polar surface area (TPSA) is 84.9 Å². The number of allylic oxidation sites excluding steroid dienone is 1. The molecule has 1 fully saturated rings. The first-order valence-corrected chi connectivity index (χ1v) is 10.8. The highest BCUT2D eigenvalue weighted by molar-refractivity contribution is 9.10. The monoisotopic (exact) mass is 498 g/mol. The summed E-state index contributed by atoms with van der Waals surface area (Å²) in [5.41, 5.74) is 1.55. The van der Waals surface area contributed by atoms with E-state index in [-0.39, 0.29) is 5.57 Å². The minimum Gasteiger partial charge on any atom is -0.493 e. The Morgan fingerprint density at radius 1 is 1.16 bits per heavy atom. The largest absolute Gasteiger partial charge is 0.493 e. The summed E-state index contributed by atoms with van der Waals surface area (Å²) in [7, 11) is 1.52. The fourth-order valence-corrected chi connectivity index (χ4v) is 3.51. The van der Waals surface area contributed by atoms with E-state index < -0.39 is 17.8 Å². The Labute approximate surface area is 194 Å². The van der Waals surface area contributed by atoms with Gasteiger partial charge in [-0.15, -0.1) is 6.58 Å². The summed E-state index contributed by atoms with van der Waals surface area (Å²) in [5.74, 6) is -0.392. The number of ether oxygens (including phenoxy) is 2. The second kappa shape index (κ2) is 10.3. The van der Waals surface area contributed by atoms with Crippen molar-refractivity contribution in [2.45, 2.75) is 19.8 Å². The number of rotatable bonds is 8. The van der Waals surface area contributed by atoms with E-state index in [0.717, 1.165) is 21.4 Å². The quantitative estimate of drug-likeness (QED) is 0.325. The number of methoxy groups -OCH3 is 1. The predicted octanol–water partition coefficient (Wildman–Crippen LogP) is 4.64. The molecule has 0 saturated carbocycles. The van der Waals surface area contributed by atoms with Crippen molar-refractivity contribution >= 4 is 45.5 Å². The van der Waals surface area contributed by atoms with Crippen molar-refractivity contribution in [1.82, 2.24) is 5.32 Å². The molecule has 8 heteroatoms. The third-order valence-corrected chi connectivity index (χ3v) is 5.21. The number of carbonyl (C=O) groups is 3. The average molecular weight is 499 g/mol. The molecule has 4 amide bonds. The molecule has 0 bridgehead atoms. The average Bonchev–Trinajstić information content (AvgIpc) is 2.77. The molecule has 32 heavy (non-hydrogen) atoms. The van der Waals surface area contributed by atoms with E-state index in [1.54, 1.807) is 36.4 Å². The molecule has 0 unspecified atom stereocenters. The molecule has 0 atom stereocenters. The summed E-state index contributed by atoms with van der Waals surface area (Å²) in [6.45, 7) is 6.31. The van der Waals surface area contributed by atoms with Gasteiger partial charge in [-0.25, -0.2) is 9.69 Å². The maximum Gasteiger partial charge on any atom is 0.335 e. The van der Waals surface area contributed by atoms with Crippen molar-refractivity contribution in [2.75, 3.05) is 18.6 Å². The molecule has 3 rings (SSSR count). The van der Waals surface area contributed by atoms with Gasteiger partial charge in [0, 0.05) is 10.0 Å². The molecule has 1 N–H and O–H groups in total. The van der Waals surface area contributed by atoms with Gasteiger partial charge >= 0.3 is 6.03 Å². The molecule has 0 aliphatic carbocycles. The van der Waals surface area contributed by atoms with Crippen LogP contribution in [0, 0.1) is 0 Å². The van der Waals surface area contributed by atoms with Gasteiger partial charge in [0.1, 0.15) is 5.57 Å². The van der Waals surface area contributed by atoms with Gasteiger partial charge in [0.2, 0.25) is 0 Å². The van der Waals surface area contributed by atoms with Crippen LogP contribution < -0.4 is 19.7 Å². The summed E-state index contributed by atoms with van der Waals surface area (Å²) in [4.78, 5) is 38.9. The van der Waals surface area contributed by atoms with Gasteiger partial charge in [-0.1, -0.05) is 28.9 Å². The number of anilines is 1. The second-order valence-corrected chi connectivity index (χ2v) is 7.90. The minimum absolute atomic E-state index is 0.165. The number of barbiturate groups is 1. The first kappa shape index (κ1) is 23.3. The van der Waals surface area contributed by atoms with E-state index in [1.165, 1.54) is 13.2 Å². The highest BCUT2D eigenvalue weighted by Gasteiger charge is 2.36.